The maximum Gasteiger partial charge on any atom is 0.550 e. The van der Waals surface area contributed by atoms with Crippen molar-refractivity contribution in [1.82, 2.24) is 0 Å². The van der Waals surface area contributed by atoms with E-state index in [2.05, 4.69) is 52.9 Å². The third kappa shape index (κ3) is 13.5. The normalized spacial score (nSPS) is 20.0. The number of hydrogen-bond acceptors (Lipinski definition) is 10. The van der Waals surface area contributed by atoms with Gasteiger partial charge in [0.25, 0.3) is 0 Å². The van der Waals surface area contributed by atoms with Gasteiger partial charge in [0.15, 0.2) is 0 Å². The van der Waals surface area contributed by atoms with Gasteiger partial charge in [-0.05, 0) is 119 Å². The van der Waals surface area contributed by atoms with Crippen molar-refractivity contribution in [1.29, 1.82) is 0 Å². The summed E-state index contributed by atoms with van der Waals surface area (Å²) in [4.78, 5) is 68.6. The predicted octanol–water partition coefficient (Wildman–Crippen LogP) is 7.98. The van der Waals surface area contributed by atoms with E-state index in [-0.39, 0.29) is 17.6 Å². The number of carbonyl (C=O) groups excluding carboxylic acids is 4. The minimum Gasteiger partial charge on any atom is -0.428 e. The van der Waals surface area contributed by atoms with Crippen molar-refractivity contribution in [3.8, 4) is 0 Å². The standard InChI is InChI=1S/C43H60O10Si2/c1-7-29(8-2)27-54-37-23-11-31(12-24-37)39(44)50-52-41(46)48-35-19-15-33(16-20-35)43(5,6)34-17-21-36(22-18-34)49-42(47)53-51-40(45)32-13-25-38(26-14-32)55-28-30(9-3)10-4/h11-14,23-28,33-36H,7-10,15-22,54-55H2,1-6H3. The second-order valence-electron chi connectivity index (χ2n) is 15.4. The summed E-state index contributed by atoms with van der Waals surface area (Å²) in [5, 5.41) is 2.44. The zero-order valence-electron chi connectivity index (χ0n) is 33.6. The first-order valence-electron chi connectivity index (χ1n) is 20.2. The van der Waals surface area contributed by atoms with E-state index in [1.807, 2.05) is 24.3 Å². The van der Waals surface area contributed by atoms with Crippen LogP contribution in [-0.2, 0) is 29.0 Å². The van der Waals surface area contributed by atoms with Crippen LogP contribution in [0.5, 0.6) is 0 Å². The van der Waals surface area contributed by atoms with Gasteiger partial charge in [-0.25, -0.2) is 29.1 Å². The minimum atomic E-state index is -1.01. The zero-order chi connectivity index (χ0) is 39.8. The van der Waals surface area contributed by atoms with Gasteiger partial charge in [0.05, 0.1) is 30.2 Å². The van der Waals surface area contributed by atoms with Crippen LogP contribution in [0.3, 0.4) is 0 Å². The van der Waals surface area contributed by atoms with E-state index in [1.54, 1.807) is 24.3 Å². The Morgan fingerprint density at radius 2 is 0.873 bits per heavy atom. The molecule has 0 spiro atoms. The third-order valence-electron chi connectivity index (χ3n) is 11.8. The van der Waals surface area contributed by atoms with Crippen LogP contribution < -0.4 is 10.4 Å². The highest BCUT2D eigenvalue weighted by molar-refractivity contribution is 6.59. The van der Waals surface area contributed by atoms with E-state index in [0.717, 1.165) is 51.4 Å². The quantitative estimate of drug-likeness (QED) is 0.0806. The lowest BCUT2D eigenvalue weighted by molar-refractivity contribution is -0.209. The summed E-state index contributed by atoms with van der Waals surface area (Å²) in [5.74, 6) is -0.617. The Kier molecular flexibility index (Phi) is 17.3. The van der Waals surface area contributed by atoms with Gasteiger partial charge in [0.2, 0.25) is 0 Å². The molecule has 0 atom stereocenters. The van der Waals surface area contributed by atoms with Crippen LogP contribution in [-0.4, -0.2) is 55.5 Å². The molecule has 2 aliphatic rings. The maximum absolute atomic E-state index is 12.4. The first-order chi connectivity index (χ1) is 26.4. The molecule has 0 N–H and O–H groups in total. The predicted molar refractivity (Wildman–Crippen MR) is 218 cm³/mol. The Bertz CT molecular complexity index is 1490. The molecule has 0 aromatic heterocycles. The third-order valence-corrected chi connectivity index (χ3v) is 15.2. The number of ether oxygens (including phenoxy) is 2. The van der Waals surface area contributed by atoms with Gasteiger partial charge >= 0.3 is 24.2 Å². The van der Waals surface area contributed by atoms with Gasteiger partial charge in [-0.2, -0.15) is 9.59 Å². The summed E-state index contributed by atoms with van der Waals surface area (Å²) in [6, 6.07) is 14.5. The summed E-state index contributed by atoms with van der Waals surface area (Å²) in [6.45, 7) is 13.2. The van der Waals surface area contributed by atoms with E-state index in [1.165, 1.54) is 21.5 Å². The van der Waals surface area contributed by atoms with E-state index in [4.69, 9.17) is 29.0 Å². The number of hydrogen-bond donors (Lipinski definition) is 0. The maximum atomic E-state index is 12.4. The molecule has 2 fully saturated rings. The average Bonchev–Trinajstić information content (AvgIpc) is 3.20. The smallest absolute Gasteiger partial charge is 0.428 e. The molecule has 0 unspecified atom stereocenters. The van der Waals surface area contributed by atoms with Crippen LogP contribution in [0.2, 0.25) is 0 Å². The summed E-state index contributed by atoms with van der Waals surface area (Å²) in [7, 11) is -1.11. The summed E-state index contributed by atoms with van der Waals surface area (Å²) >= 11 is 0. The molecule has 2 aromatic rings. The van der Waals surface area contributed by atoms with Crippen LogP contribution >= 0.6 is 0 Å². The second kappa shape index (κ2) is 21.8. The molecule has 55 heavy (non-hydrogen) atoms. The first kappa shape index (κ1) is 43.6. The van der Waals surface area contributed by atoms with Gasteiger partial charge < -0.3 is 9.47 Å². The van der Waals surface area contributed by atoms with Gasteiger partial charge in [0.1, 0.15) is 12.2 Å². The number of benzene rings is 2. The molecular weight excluding hydrogens is 733 g/mol. The Morgan fingerprint density at radius 3 is 1.18 bits per heavy atom. The van der Waals surface area contributed by atoms with Gasteiger partial charge in [-0.1, -0.05) is 98.7 Å². The number of rotatable bonds is 14. The topological polar surface area (TPSA) is 124 Å². The van der Waals surface area contributed by atoms with Gasteiger partial charge in [-0.3, -0.25) is 0 Å². The van der Waals surface area contributed by atoms with E-state index in [9.17, 15) is 19.2 Å². The highest BCUT2D eigenvalue weighted by atomic mass is 28.2. The molecule has 0 saturated heterocycles. The summed E-state index contributed by atoms with van der Waals surface area (Å²) in [6.07, 6.45) is 7.92. The number of allylic oxidation sites excluding steroid dienone is 2. The molecule has 4 rings (SSSR count). The van der Waals surface area contributed by atoms with Crippen molar-refractivity contribution in [2.75, 3.05) is 0 Å². The SMILES string of the molecule is CCC(=C[SiH2]c1ccc(C(=O)OOC(=O)OC2CCC(C(C)(C)C3CCC(OC(=O)OOC(=O)c4ccc([SiH2]C=C(CC)CC)cc4)CC3)CC2)cc1)CC. The lowest BCUT2D eigenvalue weighted by Crippen LogP contribution is -2.39. The zero-order valence-corrected chi connectivity index (χ0v) is 36.4. The van der Waals surface area contributed by atoms with Crippen molar-refractivity contribution in [3.05, 3.63) is 82.2 Å². The summed E-state index contributed by atoms with van der Waals surface area (Å²) < 4.78 is 11.0. The lowest BCUT2D eigenvalue weighted by Gasteiger charge is -2.46. The molecule has 10 nitrogen and oxygen atoms in total. The van der Waals surface area contributed by atoms with Crippen LogP contribution in [0.1, 0.15) is 139 Å². The fourth-order valence-corrected chi connectivity index (χ4v) is 11.1. The van der Waals surface area contributed by atoms with Crippen molar-refractivity contribution >= 4 is 53.7 Å². The minimum absolute atomic E-state index is 0.0350. The molecule has 300 valence electrons. The van der Waals surface area contributed by atoms with Crippen LogP contribution in [0.15, 0.2) is 71.1 Å². The molecule has 2 saturated carbocycles. The molecule has 0 aliphatic heterocycles. The Labute approximate surface area is 331 Å². The molecular formula is C43H60O10Si2. The molecule has 0 radical (unpaired) electrons. The Hall–Kier alpha value is -4.17. The van der Waals surface area contributed by atoms with E-state index in [0.29, 0.717) is 48.6 Å². The Morgan fingerprint density at radius 1 is 0.545 bits per heavy atom. The largest absolute Gasteiger partial charge is 0.550 e. The van der Waals surface area contributed by atoms with Gasteiger partial charge in [-0.15, -0.1) is 0 Å². The molecule has 2 aromatic carbocycles. The van der Waals surface area contributed by atoms with E-state index < -0.39 is 43.3 Å². The lowest BCUT2D eigenvalue weighted by atomic mass is 9.60. The molecule has 0 bridgehead atoms. The summed E-state index contributed by atoms with van der Waals surface area (Å²) in [5.41, 5.74) is 8.26. The van der Waals surface area contributed by atoms with Crippen LogP contribution in [0, 0.1) is 17.3 Å². The molecule has 0 amide bonds. The van der Waals surface area contributed by atoms with Crippen LogP contribution in [0.25, 0.3) is 0 Å². The van der Waals surface area contributed by atoms with Crippen molar-refractivity contribution in [2.45, 2.75) is 131 Å². The first-order valence-corrected chi connectivity index (χ1v) is 23.2. The monoisotopic (exact) mass is 792 g/mol. The van der Waals surface area contributed by atoms with E-state index >= 15 is 0 Å². The Balaban J connectivity index is 1.11. The fraction of sp³-hybridized carbons (Fsp3) is 0.535. The fourth-order valence-electron chi connectivity index (χ4n) is 7.89. The second-order valence-corrected chi connectivity index (χ2v) is 18.6. The number of carbonyl (C=O) groups is 4. The highest BCUT2D eigenvalue weighted by Crippen LogP contribution is 2.49. The van der Waals surface area contributed by atoms with Crippen LogP contribution in [0.4, 0.5) is 9.59 Å². The van der Waals surface area contributed by atoms with Crippen molar-refractivity contribution in [3.63, 3.8) is 0 Å². The highest BCUT2D eigenvalue weighted by Gasteiger charge is 2.41. The van der Waals surface area contributed by atoms with Gasteiger partial charge in [0, 0.05) is 0 Å². The molecule has 12 heteroatoms. The van der Waals surface area contributed by atoms with Crippen molar-refractivity contribution in [2.24, 2.45) is 17.3 Å². The average molecular weight is 793 g/mol. The van der Waals surface area contributed by atoms with Crippen molar-refractivity contribution < 1.29 is 48.2 Å². The molecule has 2 aliphatic carbocycles. The molecule has 0 heterocycles.